The van der Waals surface area contributed by atoms with Crippen LogP contribution >= 0.6 is 0 Å². The van der Waals surface area contributed by atoms with Gasteiger partial charge in [-0.2, -0.15) is 0 Å². The third-order valence-electron chi connectivity index (χ3n) is 5.27. The van der Waals surface area contributed by atoms with Gasteiger partial charge in [-0.15, -0.1) is 0 Å². The van der Waals surface area contributed by atoms with Crippen molar-refractivity contribution >= 4 is 23.0 Å². The number of amides is 1. The van der Waals surface area contributed by atoms with Gasteiger partial charge < -0.3 is 24.6 Å². The molecular formula is C21H27N4O5+. The molecule has 2 aromatic rings. The van der Waals surface area contributed by atoms with E-state index in [1.54, 1.807) is 7.11 Å². The lowest BCUT2D eigenvalue weighted by atomic mass is 10.2. The first-order valence-corrected chi connectivity index (χ1v) is 9.85. The summed E-state index contributed by atoms with van der Waals surface area (Å²) >= 11 is 0. The van der Waals surface area contributed by atoms with Crippen molar-refractivity contribution in [2.45, 2.75) is 6.42 Å². The topological polar surface area (TPSA) is 98.4 Å². The number of para-hydroxylation sites is 2. The van der Waals surface area contributed by atoms with Crippen LogP contribution in [0.1, 0.15) is 6.42 Å². The summed E-state index contributed by atoms with van der Waals surface area (Å²) in [5, 5.41) is 13.7. The molecule has 160 valence electrons. The number of nitrogens with zero attached hydrogens (tertiary/aromatic N) is 2. The lowest BCUT2D eigenvalue weighted by molar-refractivity contribution is -0.900. The lowest BCUT2D eigenvalue weighted by Crippen LogP contribution is -3.15. The van der Waals surface area contributed by atoms with Gasteiger partial charge in [-0.1, -0.05) is 12.1 Å². The molecule has 0 saturated carbocycles. The number of benzene rings is 2. The normalized spacial score (nSPS) is 14.3. The van der Waals surface area contributed by atoms with E-state index < -0.39 is 4.92 Å². The Bertz CT molecular complexity index is 897. The number of nitrogens with one attached hydrogen (secondary N) is 2. The van der Waals surface area contributed by atoms with Gasteiger partial charge in [0.2, 0.25) is 5.91 Å². The molecule has 2 aromatic carbocycles. The van der Waals surface area contributed by atoms with Crippen molar-refractivity contribution in [1.29, 1.82) is 0 Å². The third-order valence-corrected chi connectivity index (χ3v) is 5.27. The largest absolute Gasteiger partial charge is 0.495 e. The summed E-state index contributed by atoms with van der Waals surface area (Å²) in [6.07, 6.45) is 0.329. The van der Waals surface area contributed by atoms with Crippen molar-refractivity contribution in [3.05, 3.63) is 52.6 Å². The number of anilines is 2. The van der Waals surface area contributed by atoms with Crippen molar-refractivity contribution in [3.63, 3.8) is 0 Å². The van der Waals surface area contributed by atoms with Gasteiger partial charge in [-0.05, 0) is 18.2 Å². The molecule has 0 unspecified atom stereocenters. The zero-order chi connectivity index (χ0) is 21.5. The molecule has 0 atom stereocenters. The zero-order valence-corrected chi connectivity index (χ0v) is 17.2. The number of quaternary nitrogens is 1. The van der Waals surface area contributed by atoms with E-state index in [2.05, 4.69) is 16.3 Å². The van der Waals surface area contributed by atoms with Crippen LogP contribution in [-0.2, 0) is 4.79 Å². The summed E-state index contributed by atoms with van der Waals surface area (Å²) in [6.45, 7) is 4.31. The highest BCUT2D eigenvalue weighted by atomic mass is 16.6. The molecule has 2 N–H and O–H groups in total. The minimum absolute atomic E-state index is 0.0933. The van der Waals surface area contributed by atoms with Gasteiger partial charge in [0, 0.05) is 12.1 Å². The second-order valence-electron chi connectivity index (χ2n) is 7.10. The number of hydrogen-bond donors (Lipinski definition) is 2. The highest BCUT2D eigenvalue weighted by molar-refractivity contribution is 5.92. The summed E-state index contributed by atoms with van der Waals surface area (Å²) in [6, 6.07) is 12.1. The van der Waals surface area contributed by atoms with Gasteiger partial charge in [0.25, 0.3) is 5.69 Å². The molecule has 1 heterocycles. The Labute approximate surface area is 175 Å². The molecule has 0 spiro atoms. The van der Waals surface area contributed by atoms with Gasteiger partial charge in [0.15, 0.2) is 0 Å². The number of methoxy groups -OCH3 is 2. The zero-order valence-electron chi connectivity index (χ0n) is 17.2. The summed E-state index contributed by atoms with van der Waals surface area (Å²) in [4.78, 5) is 26.5. The van der Waals surface area contributed by atoms with Crippen LogP contribution in [0.25, 0.3) is 0 Å². The number of nitro benzene ring substituents is 1. The van der Waals surface area contributed by atoms with Crippen LogP contribution in [0.5, 0.6) is 11.5 Å². The van der Waals surface area contributed by atoms with Crippen LogP contribution in [-0.4, -0.2) is 57.8 Å². The molecule has 9 heteroatoms. The van der Waals surface area contributed by atoms with Gasteiger partial charge in [-0.25, -0.2) is 0 Å². The Morgan fingerprint density at radius 2 is 1.83 bits per heavy atom. The van der Waals surface area contributed by atoms with Crippen molar-refractivity contribution < 1.29 is 24.1 Å². The molecule has 3 rings (SSSR count). The van der Waals surface area contributed by atoms with E-state index in [-0.39, 0.29) is 11.6 Å². The van der Waals surface area contributed by atoms with E-state index in [0.29, 0.717) is 24.4 Å². The average molecular weight is 415 g/mol. The molecule has 1 aliphatic heterocycles. The van der Waals surface area contributed by atoms with Crippen LogP contribution in [0.2, 0.25) is 0 Å². The quantitative estimate of drug-likeness (QED) is 0.499. The molecule has 9 nitrogen and oxygen atoms in total. The third kappa shape index (κ3) is 5.18. The van der Waals surface area contributed by atoms with Crippen LogP contribution in [0.4, 0.5) is 17.1 Å². The second-order valence-corrected chi connectivity index (χ2v) is 7.10. The predicted molar refractivity (Wildman–Crippen MR) is 114 cm³/mol. The van der Waals surface area contributed by atoms with E-state index in [1.165, 1.54) is 30.2 Å². The molecule has 0 aliphatic carbocycles. The highest BCUT2D eigenvalue weighted by Gasteiger charge is 2.23. The smallest absolute Gasteiger partial charge is 0.271 e. The maximum Gasteiger partial charge on any atom is 0.271 e. The van der Waals surface area contributed by atoms with E-state index in [4.69, 9.17) is 9.47 Å². The number of carbonyl (C=O) groups excluding carboxylic acids is 1. The Balaban J connectivity index is 1.51. The minimum atomic E-state index is -0.500. The van der Waals surface area contributed by atoms with Crippen molar-refractivity contribution in [2.75, 3.05) is 57.2 Å². The first-order valence-electron chi connectivity index (χ1n) is 9.85. The summed E-state index contributed by atoms with van der Waals surface area (Å²) < 4.78 is 10.6. The number of non-ortho nitro benzene ring substituents is 1. The van der Waals surface area contributed by atoms with Crippen LogP contribution in [0.15, 0.2) is 42.5 Å². The first-order chi connectivity index (χ1) is 14.5. The van der Waals surface area contributed by atoms with E-state index in [0.717, 1.165) is 37.6 Å². The van der Waals surface area contributed by atoms with E-state index >= 15 is 0 Å². The maximum atomic E-state index is 12.4. The van der Waals surface area contributed by atoms with Gasteiger partial charge in [0.05, 0.1) is 69.7 Å². The predicted octanol–water partition coefficient (Wildman–Crippen LogP) is 1.35. The highest BCUT2D eigenvalue weighted by Crippen LogP contribution is 2.29. The Kier molecular flexibility index (Phi) is 7.08. The lowest BCUT2D eigenvalue weighted by Gasteiger charge is -2.34. The van der Waals surface area contributed by atoms with Gasteiger partial charge in [0.1, 0.15) is 11.5 Å². The Morgan fingerprint density at radius 1 is 1.13 bits per heavy atom. The van der Waals surface area contributed by atoms with Crippen molar-refractivity contribution in [2.24, 2.45) is 0 Å². The van der Waals surface area contributed by atoms with Crippen molar-refractivity contribution in [1.82, 2.24) is 0 Å². The van der Waals surface area contributed by atoms with Crippen molar-refractivity contribution in [3.8, 4) is 11.5 Å². The fourth-order valence-corrected chi connectivity index (χ4v) is 3.62. The molecule has 1 amide bonds. The van der Waals surface area contributed by atoms with Gasteiger partial charge >= 0.3 is 0 Å². The van der Waals surface area contributed by atoms with E-state index in [9.17, 15) is 14.9 Å². The molecule has 0 radical (unpaired) electrons. The maximum absolute atomic E-state index is 12.4. The number of piperazine rings is 1. The van der Waals surface area contributed by atoms with Crippen LogP contribution in [0.3, 0.4) is 0 Å². The average Bonchev–Trinajstić information content (AvgIpc) is 2.78. The Hall–Kier alpha value is -3.33. The molecule has 30 heavy (non-hydrogen) atoms. The number of rotatable bonds is 8. The monoisotopic (exact) mass is 415 g/mol. The first kappa shape index (κ1) is 21.4. The summed E-state index contributed by atoms with van der Waals surface area (Å²) in [5.41, 5.74) is 1.31. The fraction of sp³-hybridized carbons (Fsp3) is 0.381. The van der Waals surface area contributed by atoms with Crippen LogP contribution in [0, 0.1) is 10.1 Å². The summed E-state index contributed by atoms with van der Waals surface area (Å²) in [7, 11) is 3.14. The molecule has 1 fully saturated rings. The number of ether oxygens (including phenoxy) is 2. The molecule has 1 aliphatic rings. The fourth-order valence-electron chi connectivity index (χ4n) is 3.62. The van der Waals surface area contributed by atoms with E-state index in [1.807, 2.05) is 18.2 Å². The number of hydrogen-bond acceptors (Lipinski definition) is 6. The SMILES string of the molecule is COc1ccc([N+](=O)[O-])cc1NC(=O)CC[NH+]1CCN(c2ccccc2OC)CC1. The standard InChI is InChI=1S/C21H26N4O5/c1-29-19-8-7-16(25(27)28)15-17(19)22-21(26)9-10-23-11-13-24(14-12-23)18-5-3-4-6-20(18)30-2/h3-8,15H,9-14H2,1-2H3,(H,22,26)/p+1. The molecule has 1 saturated heterocycles. The summed E-state index contributed by atoms with van der Waals surface area (Å²) in [5.74, 6) is 1.08. The number of nitro groups is 1. The Morgan fingerprint density at radius 3 is 2.50 bits per heavy atom. The number of carbonyl (C=O) groups is 1. The molecule has 0 bridgehead atoms. The minimum Gasteiger partial charge on any atom is -0.495 e. The van der Waals surface area contributed by atoms with Crippen LogP contribution < -0.4 is 24.6 Å². The second kappa shape index (κ2) is 9.93. The van der Waals surface area contributed by atoms with Gasteiger partial charge in [-0.3, -0.25) is 14.9 Å². The molecular weight excluding hydrogens is 388 g/mol. The molecule has 0 aromatic heterocycles.